The molecule has 140 valence electrons. The number of hydrogen-bond acceptors (Lipinski definition) is 6. The molecule has 0 aliphatic carbocycles. The minimum atomic E-state index is -1.87. The monoisotopic (exact) mass is 431 g/mol. The quantitative estimate of drug-likeness (QED) is 0.475. The van der Waals surface area contributed by atoms with E-state index in [0.29, 0.717) is 10.0 Å². The van der Waals surface area contributed by atoms with Gasteiger partial charge in [-0.25, -0.2) is 9.20 Å². The average Bonchev–Trinajstić information content (AvgIpc) is 3.27. The number of fused-ring (bicyclic) bond motifs is 1. The van der Waals surface area contributed by atoms with Crippen LogP contribution in [0.25, 0.3) is 11.1 Å². The van der Waals surface area contributed by atoms with Crippen LogP contribution in [0.3, 0.4) is 0 Å². The van der Waals surface area contributed by atoms with Gasteiger partial charge in [0.1, 0.15) is 10.8 Å². The number of nitro groups is 1. The smallest absolute Gasteiger partial charge is 0.296 e. The number of hydrogen-bond donors (Lipinski definition) is 1. The van der Waals surface area contributed by atoms with Gasteiger partial charge >= 0.3 is 0 Å². The lowest BCUT2D eigenvalue weighted by molar-refractivity contribution is -0.384. The third-order valence-corrected chi connectivity index (χ3v) is 6.43. The van der Waals surface area contributed by atoms with E-state index >= 15 is 0 Å². The fraction of sp³-hybridized carbons (Fsp3) is 0. The van der Waals surface area contributed by atoms with Crippen LogP contribution in [-0.4, -0.2) is 20.1 Å². The lowest BCUT2D eigenvalue weighted by atomic mass is 10.1. The molecule has 0 saturated carbocycles. The Balaban J connectivity index is 1.57. The fourth-order valence-electron chi connectivity index (χ4n) is 2.66. The Labute approximate surface area is 170 Å². The highest BCUT2D eigenvalue weighted by molar-refractivity contribution is 8.03. The molecule has 1 aliphatic rings. The molecule has 7 nitrogen and oxygen atoms in total. The van der Waals surface area contributed by atoms with E-state index in [2.05, 4.69) is 10.3 Å². The molecule has 1 N–H and O–H groups in total. The van der Waals surface area contributed by atoms with E-state index in [9.17, 15) is 19.1 Å². The van der Waals surface area contributed by atoms with Gasteiger partial charge in [0.25, 0.3) is 11.6 Å². The number of para-hydroxylation sites is 1. The topological polar surface area (TPSA) is 102 Å². The average molecular weight is 432 g/mol. The zero-order chi connectivity index (χ0) is 19.8. The first kappa shape index (κ1) is 18.5. The summed E-state index contributed by atoms with van der Waals surface area (Å²) < 4.78 is 12.5. The number of thiophene rings is 1. The number of anilines is 1. The van der Waals surface area contributed by atoms with Crippen LogP contribution in [0.15, 0.2) is 63.8 Å². The second-order valence-electron chi connectivity index (χ2n) is 5.73. The third kappa shape index (κ3) is 3.35. The highest BCUT2D eigenvalue weighted by Crippen LogP contribution is 2.39. The van der Waals surface area contributed by atoms with Gasteiger partial charge in [0, 0.05) is 16.5 Å². The Morgan fingerprint density at radius 2 is 1.93 bits per heavy atom. The minimum Gasteiger partial charge on any atom is -0.312 e. The number of carbonyl (C=O) groups excluding carboxylic acids is 1. The van der Waals surface area contributed by atoms with Gasteiger partial charge in [0.15, 0.2) is 10.7 Å². The van der Waals surface area contributed by atoms with Crippen LogP contribution >= 0.6 is 22.9 Å². The zero-order valence-corrected chi connectivity index (χ0v) is 16.3. The number of halogens is 1. The summed E-state index contributed by atoms with van der Waals surface area (Å²) in [6.07, 6.45) is 0. The molecule has 0 radical (unpaired) electrons. The summed E-state index contributed by atoms with van der Waals surface area (Å²) in [5.41, 5.74) is 1.51. The summed E-state index contributed by atoms with van der Waals surface area (Å²) in [6.45, 7) is 0. The van der Waals surface area contributed by atoms with Crippen molar-refractivity contribution >= 4 is 61.1 Å². The molecule has 0 spiro atoms. The Hall–Kier alpha value is -2.88. The molecule has 1 unspecified atom stereocenters. The molecule has 2 aromatic carbocycles. The number of benzene rings is 2. The molecule has 3 aromatic rings. The molecule has 10 heteroatoms. The number of rotatable bonds is 4. The van der Waals surface area contributed by atoms with Crippen molar-refractivity contribution < 1.29 is 13.9 Å². The molecule has 1 amide bonds. The first-order valence-corrected chi connectivity index (χ1v) is 10.3. The van der Waals surface area contributed by atoms with Gasteiger partial charge in [-0.05, 0) is 35.4 Å². The molecule has 1 atom stereocenters. The summed E-state index contributed by atoms with van der Waals surface area (Å²) >= 11 is 7.19. The zero-order valence-electron chi connectivity index (χ0n) is 13.9. The van der Waals surface area contributed by atoms with E-state index in [0.717, 1.165) is 11.1 Å². The van der Waals surface area contributed by atoms with Crippen molar-refractivity contribution in [1.82, 2.24) is 0 Å². The van der Waals surface area contributed by atoms with Gasteiger partial charge in [0.05, 0.1) is 14.8 Å². The molecule has 4 rings (SSSR count). The van der Waals surface area contributed by atoms with Crippen molar-refractivity contribution in [3.05, 3.63) is 69.0 Å². The number of carbonyl (C=O) groups is 1. The van der Waals surface area contributed by atoms with E-state index < -0.39 is 21.6 Å². The van der Waals surface area contributed by atoms with E-state index in [1.807, 2.05) is 17.5 Å². The fourth-order valence-corrected chi connectivity index (χ4v) is 4.72. The van der Waals surface area contributed by atoms with Gasteiger partial charge < -0.3 is 5.32 Å². The molecule has 1 aromatic heterocycles. The Kier molecular flexibility index (Phi) is 4.80. The SMILES string of the molecule is O=C(Nc1cc(-c2ccc(Cl)cc2)cs1)C1=Nc2c([N+](=O)[O-])cccc2S1=O. The van der Waals surface area contributed by atoms with Gasteiger partial charge in [0.2, 0.25) is 0 Å². The van der Waals surface area contributed by atoms with Crippen LogP contribution in [0.4, 0.5) is 16.4 Å². The molecule has 2 heterocycles. The van der Waals surface area contributed by atoms with Crippen LogP contribution in [0.1, 0.15) is 0 Å². The minimum absolute atomic E-state index is 0.0379. The van der Waals surface area contributed by atoms with E-state index in [-0.39, 0.29) is 21.3 Å². The van der Waals surface area contributed by atoms with Crippen molar-refractivity contribution in [2.24, 2.45) is 4.99 Å². The van der Waals surface area contributed by atoms with E-state index in [1.54, 1.807) is 18.2 Å². The Morgan fingerprint density at radius 3 is 2.64 bits per heavy atom. The molecule has 1 aliphatic heterocycles. The second kappa shape index (κ2) is 7.27. The lowest BCUT2D eigenvalue weighted by Gasteiger charge is -2.01. The first-order chi connectivity index (χ1) is 13.4. The molecule has 0 fully saturated rings. The molecule has 0 saturated heterocycles. The van der Waals surface area contributed by atoms with Crippen LogP contribution in [0, 0.1) is 10.1 Å². The van der Waals surface area contributed by atoms with Crippen LogP contribution < -0.4 is 5.32 Å². The van der Waals surface area contributed by atoms with Gasteiger partial charge in [-0.2, -0.15) is 0 Å². The highest BCUT2D eigenvalue weighted by Gasteiger charge is 2.33. The maximum absolute atomic E-state index is 12.5. The molecular weight excluding hydrogens is 422 g/mol. The number of nitro benzene ring substituents is 1. The highest BCUT2D eigenvalue weighted by atomic mass is 35.5. The number of nitrogens with zero attached hydrogens (tertiary/aromatic N) is 2. The van der Waals surface area contributed by atoms with Crippen molar-refractivity contribution in [3.8, 4) is 11.1 Å². The second-order valence-corrected chi connectivity index (χ2v) is 8.44. The summed E-state index contributed by atoms with van der Waals surface area (Å²) in [5, 5.41) is 16.6. The van der Waals surface area contributed by atoms with Crippen LogP contribution in [0.5, 0.6) is 0 Å². The maximum Gasteiger partial charge on any atom is 0.296 e. The lowest BCUT2D eigenvalue weighted by Crippen LogP contribution is -2.24. The largest absolute Gasteiger partial charge is 0.312 e. The third-order valence-electron chi connectivity index (χ3n) is 3.97. The first-order valence-electron chi connectivity index (χ1n) is 7.88. The van der Waals surface area contributed by atoms with Crippen molar-refractivity contribution in [2.75, 3.05) is 5.32 Å². The number of nitrogens with one attached hydrogen (secondary N) is 1. The Bertz CT molecular complexity index is 1170. The number of amides is 1. The van der Waals surface area contributed by atoms with E-state index in [4.69, 9.17) is 11.6 Å². The summed E-state index contributed by atoms with van der Waals surface area (Å²) in [5.74, 6) is -0.659. The van der Waals surface area contributed by atoms with Crippen LogP contribution in [0.2, 0.25) is 5.02 Å². The summed E-state index contributed by atoms with van der Waals surface area (Å²) in [7, 11) is -1.87. The van der Waals surface area contributed by atoms with Gasteiger partial charge in [-0.3, -0.25) is 14.9 Å². The number of aliphatic imine (C=N–C) groups is 1. The Morgan fingerprint density at radius 1 is 1.18 bits per heavy atom. The van der Waals surface area contributed by atoms with E-state index in [1.165, 1.54) is 29.5 Å². The predicted molar refractivity (Wildman–Crippen MR) is 110 cm³/mol. The standard InChI is InChI=1S/C18H10ClN3O4S2/c19-12-6-4-10(5-7-12)11-8-15(27-9-11)20-17(23)18-21-16-13(22(24)25)2-1-3-14(16)28(18)26/h1-9H,(H,20,23). The normalized spacial score (nSPS) is 15.0. The summed E-state index contributed by atoms with van der Waals surface area (Å²) in [6, 6.07) is 13.2. The predicted octanol–water partition coefficient (Wildman–Crippen LogP) is 4.77. The maximum atomic E-state index is 12.5. The molecule has 0 bridgehead atoms. The summed E-state index contributed by atoms with van der Waals surface area (Å²) in [4.78, 5) is 27.2. The van der Waals surface area contributed by atoms with Crippen LogP contribution in [-0.2, 0) is 15.6 Å². The van der Waals surface area contributed by atoms with Crippen molar-refractivity contribution in [1.29, 1.82) is 0 Å². The van der Waals surface area contributed by atoms with Crippen molar-refractivity contribution in [3.63, 3.8) is 0 Å². The molecular formula is C18H10ClN3O4S2. The van der Waals surface area contributed by atoms with Gasteiger partial charge in [-0.15, -0.1) is 11.3 Å². The van der Waals surface area contributed by atoms with Crippen molar-refractivity contribution in [2.45, 2.75) is 4.90 Å². The van der Waals surface area contributed by atoms with Gasteiger partial charge in [-0.1, -0.05) is 29.8 Å². The molecule has 28 heavy (non-hydrogen) atoms.